The lowest BCUT2D eigenvalue weighted by molar-refractivity contribution is 0.207. The van der Waals surface area contributed by atoms with Crippen molar-refractivity contribution in [3.8, 4) is 5.88 Å². The van der Waals surface area contributed by atoms with Gasteiger partial charge in [0.15, 0.2) is 0 Å². The predicted molar refractivity (Wildman–Crippen MR) is 99.8 cm³/mol. The van der Waals surface area contributed by atoms with E-state index in [-0.39, 0.29) is 6.10 Å². The van der Waals surface area contributed by atoms with Crippen LogP contribution in [0.4, 0.5) is 0 Å². The molecule has 0 amide bonds. The van der Waals surface area contributed by atoms with Gasteiger partial charge in [-0.3, -0.25) is 0 Å². The SMILES string of the molecule is Cc1ccc(OC2CCN(S(=O)(=O)c3ccc4c(c3)CCCC4)C2)nc1. The minimum Gasteiger partial charge on any atom is -0.473 e. The molecule has 1 saturated heterocycles. The van der Waals surface area contributed by atoms with Gasteiger partial charge in [0.1, 0.15) is 6.10 Å². The molecule has 0 radical (unpaired) electrons. The van der Waals surface area contributed by atoms with Crippen LogP contribution >= 0.6 is 0 Å². The molecule has 1 unspecified atom stereocenters. The Bertz CT molecular complexity index is 894. The zero-order valence-corrected chi connectivity index (χ0v) is 15.8. The van der Waals surface area contributed by atoms with Crippen LogP contribution in [0, 0.1) is 6.92 Å². The second-order valence-corrected chi connectivity index (χ2v) is 9.14. The maximum atomic E-state index is 13.0. The lowest BCUT2D eigenvalue weighted by atomic mass is 9.92. The molecular weight excluding hydrogens is 348 g/mol. The topological polar surface area (TPSA) is 59.5 Å². The minimum atomic E-state index is -3.47. The van der Waals surface area contributed by atoms with E-state index in [0.29, 0.717) is 30.3 Å². The first-order valence-electron chi connectivity index (χ1n) is 9.24. The van der Waals surface area contributed by atoms with Gasteiger partial charge in [-0.2, -0.15) is 4.31 Å². The molecule has 2 aromatic rings. The number of ether oxygens (including phenoxy) is 1. The number of aromatic nitrogens is 1. The first kappa shape index (κ1) is 17.5. The van der Waals surface area contributed by atoms with Crippen molar-refractivity contribution in [2.75, 3.05) is 13.1 Å². The highest BCUT2D eigenvalue weighted by molar-refractivity contribution is 7.89. The molecule has 0 N–H and O–H groups in total. The molecule has 2 heterocycles. The highest BCUT2D eigenvalue weighted by Crippen LogP contribution is 2.28. The molecule has 6 heteroatoms. The molecule has 0 spiro atoms. The fourth-order valence-electron chi connectivity index (χ4n) is 3.73. The number of rotatable bonds is 4. The zero-order valence-electron chi connectivity index (χ0n) is 15.0. The van der Waals surface area contributed by atoms with Crippen LogP contribution < -0.4 is 4.74 Å². The summed E-state index contributed by atoms with van der Waals surface area (Å²) in [5.74, 6) is 0.550. The summed E-state index contributed by atoms with van der Waals surface area (Å²) in [4.78, 5) is 4.65. The standard InChI is InChI=1S/C20H24N2O3S/c1-15-6-9-20(21-13-15)25-18-10-11-22(14-18)26(23,24)19-8-7-16-4-2-3-5-17(16)12-19/h6-9,12-13,18H,2-5,10-11,14H2,1H3. The Morgan fingerprint density at radius 1 is 1.12 bits per heavy atom. The maximum Gasteiger partial charge on any atom is 0.243 e. The van der Waals surface area contributed by atoms with E-state index in [1.54, 1.807) is 12.3 Å². The minimum absolute atomic E-state index is 0.155. The maximum absolute atomic E-state index is 13.0. The third kappa shape index (κ3) is 3.48. The van der Waals surface area contributed by atoms with Crippen LogP contribution in [-0.4, -0.2) is 36.9 Å². The van der Waals surface area contributed by atoms with E-state index < -0.39 is 10.0 Å². The van der Waals surface area contributed by atoms with Crippen molar-refractivity contribution in [3.63, 3.8) is 0 Å². The van der Waals surface area contributed by atoms with Gasteiger partial charge >= 0.3 is 0 Å². The molecule has 1 fully saturated rings. The van der Waals surface area contributed by atoms with Crippen LogP contribution in [-0.2, 0) is 22.9 Å². The van der Waals surface area contributed by atoms with Crippen LogP contribution in [0.25, 0.3) is 0 Å². The third-order valence-corrected chi connectivity index (χ3v) is 7.10. The van der Waals surface area contributed by atoms with Gasteiger partial charge in [0.2, 0.25) is 15.9 Å². The van der Waals surface area contributed by atoms with Crippen LogP contribution in [0.15, 0.2) is 41.4 Å². The van der Waals surface area contributed by atoms with Crippen molar-refractivity contribution in [1.29, 1.82) is 0 Å². The fourth-order valence-corrected chi connectivity index (χ4v) is 5.26. The van der Waals surface area contributed by atoms with Crippen molar-refractivity contribution in [1.82, 2.24) is 9.29 Å². The van der Waals surface area contributed by atoms with Gasteiger partial charge in [0.25, 0.3) is 0 Å². The molecule has 138 valence electrons. The van der Waals surface area contributed by atoms with E-state index in [9.17, 15) is 8.42 Å². The Labute approximate surface area is 155 Å². The van der Waals surface area contributed by atoms with Crippen molar-refractivity contribution in [2.24, 2.45) is 0 Å². The molecule has 5 nitrogen and oxygen atoms in total. The Morgan fingerprint density at radius 2 is 1.92 bits per heavy atom. The van der Waals surface area contributed by atoms with Crippen molar-refractivity contribution < 1.29 is 13.2 Å². The summed E-state index contributed by atoms with van der Waals surface area (Å²) in [5, 5.41) is 0. The summed E-state index contributed by atoms with van der Waals surface area (Å²) in [7, 11) is -3.47. The van der Waals surface area contributed by atoms with Crippen molar-refractivity contribution >= 4 is 10.0 Å². The van der Waals surface area contributed by atoms with Gasteiger partial charge in [-0.15, -0.1) is 0 Å². The number of aryl methyl sites for hydroxylation is 3. The van der Waals surface area contributed by atoms with Crippen molar-refractivity contribution in [3.05, 3.63) is 53.2 Å². The van der Waals surface area contributed by atoms with Gasteiger partial charge < -0.3 is 4.74 Å². The summed E-state index contributed by atoms with van der Waals surface area (Å²) in [6.07, 6.45) is 6.64. The second kappa shape index (κ2) is 7.00. The predicted octanol–water partition coefficient (Wildman–Crippen LogP) is 3.11. The molecule has 4 rings (SSSR count). The monoisotopic (exact) mass is 372 g/mol. The van der Waals surface area contributed by atoms with E-state index in [1.807, 2.05) is 31.2 Å². The molecule has 1 aliphatic heterocycles. The second-order valence-electron chi connectivity index (χ2n) is 7.20. The Balaban J connectivity index is 1.48. The van der Waals surface area contributed by atoms with Gasteiger partial charge in [-0.05, 0) is 67.9 Å². The molecule has 1 aliphatic carbocycles. The number of hydrogen-bond acceptors (Lipinski definition) is 4. The van der Waals surface area contributed by atoms with Gasteiger partial charge in [-0.1, -0.05) is 12.1 Å². The largest absolute Gasteiger partial charge is 0.473 e. The van der Waals surface area contributed by atoms with Crippen LogP contribution in [0.2, 0.25) is 0 Å². The molecule has 1 aromatic carbocycles. The molecule has 1 aromatic heterocycles. The summed E-state index contributed by atoms with van der Waals surface area (Å²) in [6.45, 7) is 2.82. The highest BCUT2D eigenvalue weighted by atomic mass is 32.2. The molecule has 1 atom stereocenters. The van der Waals surface area contributed by atoms with Crippen LogP contribution in [0.5, 0.6) is 5.88 Å². The molecular formula is C20H24N2O3S. The Hall–Kier alpha value is -1.92. The fraction of sp³-hybridized carbons (Fsp3) is 0.450. The number of sulfonamides is 1. The first-order valence-corrected chi connectivity index (χ1v) is 10.7. The van der Waals surface area contributed by atoms with Crippen molar-refractivity contribution in [2.45, 2.75) is 50.0 Å². The summed E-state index contributed by atoms with van der Waals surface area (Å²) in [5.41, 5.74) is 3.55. The van der Waals surface area contributed by atoms with E-state index in [1.165, 1.54) is 21.9 Å². The van der Waals surface area contributed by atoms with Crippen LogP contribution in [0.3, 0.4) is 0 Å². The lowest BCUT2D eigenvalue weighted by Gasteiger charge is -2.20. The molecule has 2 aliphatic rings. The van der Waals surface area contributed by atoms with Gasteiger partial charge in [-0.25, -0.2) is 13.4 Å². The summed E-state index contributed by atoms with van der Waals surface area (Å²) in [6, 6.07) is 9.39. The number of hydrogen-bond donors (Lipinski definition) is 0. The molecule has 0 bridgehead atoms. The number of fused-ring (bicyclic) bond motifs is 1. The summed E-state index contributed by atoms with van der Waals surface area (Å²) < 4.78 is 33.4. The van der Waals surface area contributed by atoms with E-state index >= 15 is 0 Å². The van der Waals surface area contributed by atoms with Gasteiger partial charge in [0.05, 0.1) is 11.4 Å². The number of pyridine rings is 1. The Kier molecular flexibility index (Phi) is 4.71. The average Bonchev–Trinajstić information content (AvgIpc) is 3.12. The number of benzene rings is 1. The quantitative estimate of drug-likeness (QED) is 0.827. The smallest absolute Gasteiger partial charge is 0.243 e. The van der Waals surface area contributed by atoms with E-state index in [2.05, 4.69) is 4.98 Å². The average molecular weight is 372 g/mol. The molecule has 26 heavy (non-hydrogen) atoms. The molecule has 0 saturated carbocycles. The van der Waals surface area contributed by atoms with E-state index in [4.69, 9.17) is 4.74 Å². The zero-order chi connectivity index (χ0) is 18.1. The Morgan fingerprint density at radius 3 is 2.69 bits per heavy atom. The highest BCUT2D eigenvalue weighted by Gasteiger charge is 2.34. The van der Waals surface area contributed by atoms with Crippen LogP contribution in [0.1, 0.15) is 36.0 Å². The third-order valence-electron chi connectivity index (χ3n) is 5.24. The normalized spacial score (nSPS) is 20.7. The van der Waals surface area contributed by atoms with Gasteiger partial charge in [0, 0.05) is 18.8 Å². The first-order chi connectivity index (χ1) is 12.5. The number of nitrogens with zero attached hydrogens (tertiary/aromatic N) is 2. The lowest BCUT2D eigenvalue weighted by Crippen LogP contribution is -2.31. The summed E-state index contributed by atoms with van der Waals surface area (Å²) >= 11 is 0. The van der Waals surface area contributed by atoms with E-state index in [0.717, 1.165) is 24.8 Å².